The van der Waals surface area contributed by atoms with Crippen molar-refractivity contribution in [3.8, 4) is 5.75 Å². The van der Waals surface area contributed by atoms with Crippen LogP contribution in [0, 0.1) is 11.6 Å². The number of hydrogen-bond donors (Lipinski definition) is 1. The molecule has 0 atom stereocenters. The van der Waals surface area contributed by atoms with E-state index in [4.69, 9.17) is 22.7 Å². The summed E-state index contributed by atoms with van der Waals surface area (Å²) >= 11 is 7.84. The molecule has 0 fully saturated rings. The van der Waals surface area contributed by atoms with Gasteiger partial charge in [0.2, 0.25) is 0 Å². The van der Waals surface area contributed by atoms with Crippen LogP contribution in [0.5, 0.6) is 5.75 Å². The van der Waals surface area contributed by atoms with Gasteiger partial charge in [-0.1, -0.05) is 18.3 Å². The third-order valence-corrected chi connectivity index (χ3v) is 3.44. The highest BCUT2D eigenvalue weighted by atomic mass is 79.9. The van der Waals surface area contributed by atoms with Crippen LogP contribution in [0.15, 0.2) is 40.9 Å². The fraction of sp³-hybridized carbons (Fsp3) is 0.0714. The zero-order valence-corrected chi connectivity index (χ0v) is 12.6. The monoisotopic (exact) mass is 357 g/mol. The van der Waals surface area contributed by atoms with Crippen molar-refractivity contribution in [1.29, 1.82) is 0 Å². The number of hydrogen-bond acceptors (Lipinski definition) is 2. The second-order valence-electron chi connectivity index (χ2n) is 4.05. The summed E-state index contributed by atoms with van der Waals surface area (Å²) in [5.41, 5.74) is 6.57. The molecule has 20 heavy (non-hydrogen) atoms. The van der Waals surface area contributed by atoms with E-state index in [-0.39, 0.29) is 23.2 Å². The van der Waals surface area contributed by atoms with Gasteiger partial charge in [-0.05, 0) is 51.8 Å². The molecule has 2 rings (SSSR count). The molecule has 0 aliphatic heterocycles. The average Bonchev–Trinajstić information content (AvgIpc) is 2.41. The van der Waals surface area contributed by atoms with E-state index in [0.717, 1.165) is 5.56 Å². The molecule has 2 aromatic carbocycles. The maximum absolute atomic E-state index is 13.7. The summed E-state index contributed by atoms with van der Waals surface area (Å²) in [6.45, 7) is 0.127. The normalized spacial score (nSPS) is 10.3. The fourth-order valence-corrected chi connectivity index (χ4v) is 2.11. The Hall–Kier alpha value is -1.53. The van der Waals surface area contributed by atoms with Crippen LogP contribution >= 0.6 is 28.1 Å². The number of thiocarbonyl (C=S) groups is 1. The Morgan fingerprint density at radius 3 is 2.50 bits per heavy atom. The minimum Gasteiger partial charge on any atom is -0.486 e. The van der Waals surface area contributed by atoms with E-state index in [1.807, 2.05) is 0 Å². The topological polar surface area (TPSA) is 35.2 Å². The van der Waals surface area contributed by atoms with E-state index < -0.39 is 5.82 Å². The van der Waals surface area contributed by atoms with Gasteiger partial charge in [0, 0.05) is 5.56 Å². The largest absolute Gasteiger partial charge is 0.486 e. The van der Waals surface area contributed by atoms with Gasteiger partial charge in [0.15, 0.2) is 11.6 Å². The lowest BCUT2D eigenvalue weighted by Crippen LogP contribution is -2.09. The number of benzene rings is 2. The highest BCUT2D eigenvalue weighted by molar-refractivity contribution is 9.10. The quantitative estimate of drug-likeness (QED) is 0.841. The first kappa shape index (κ1) is 14.9. The van der Waals surface area contributed by atoms with Gasteiger partial charge >= 0.3 is 0 Å². The molecule has 0 unspecified atom stereocenters. The minimum atomic E-state index is -0.545. The molecule has 104 valence electrons. The number of ether oxygens (including phenoxy) is 1. The van der Waals surface area contributed by atoms with Crippen molar-refractivity contribution in [2.75, 3.05) is 0 Å². The maximum atomic E-state index is 13.7. The summed E-state index contributed by atoms with van der Waals surface area (Å²) in [6, 6.07) is 8.73. The maximum Gasteiger partial charge on any atom is 0.165 e. The van der Waals surface area contributed by atoms with Crippen molar-refractivity contribution in [1.82, 2.24) is 0 Å². The van der Waals surface area contributed by atoms with Crippen molar-refractivity contribution in [2.45, 2.75) is 6.61 Å². The Kier molecular flexibility index (Phi) is 4.67. The van der Waals surface area contributed by atoms with Gasteiger partial charge < -0.3 is 10.5 Å². The third kappa shape index (κ3) is 3.52. The molecule has 0 saturated carbocycles. The van der Waals surface area contributed by atoms with E-state index >= 15 is 0 Å². The highest BCUT2D eigenvalue weighted by Gasteiger charge is 2.07. The molecule has 6 heteroatoms. The van der Waals surface area contributed by atoms with Crippen molar-refractivity contribution >= 4 is 33.1 Å². The molecule has 0 aliphatic rings. The van der Waals surface area contributed by atoms with Crippen molar-refractivity contribution in [2.24, 2.45) is 5.73 Å². The standard InChI is InChI=1S/C14H10BrF2NOS/c15-10-5-8(1-3-11(10)16)7-19-13-4-2-9(14(18)20)6-12(13)17/h1-6H,7H2,(H2,18,20). The first-order chi connectivity index (χ1) is 9.47. The molecule has 0 heterocycles. The zero-order valence-electron chi connectivity index (χ0n) is 10.2. The van der Waals surface area contributed by atoms with Crippen LogP contribution in [0.3, 0.4) is 0 Å². The van der Waals surface area contributed by atoms with Crippen molar-refractivity contribution in [3.05, 3.63) is 63.6 Å². The van der Waals surface area contributed by atoms with Crippen LogP contribution in [-0.2, 0) is 6.61 Å². The summed E-state index contributed by atoms with van der Waals surface area (Å²) in [5, 5.41) is 0. The molecule has 2 nitrogen and oxygen atoms in total. The van der Waals surface area contributed by atoms with Crippen LogP contribution in [-0.4, -0.2) is 4.99 Å². The van der Waals surface area contributed by atoms with E-state index in [1.54, 1.807) is 18.2 Å². The summed E-state index contributed by atoms with van der Waals surface area (Å²) in [6.07, 6.45) is 0. The highest BCUT2D eigenvalue weighted by Crippen LogP contribution is 2.21. The van der Waals surface area contributed by atoms with Gasteiger partial charge in [0.25, 0.3) is 0 Å². The summed E-state index contributed by atoms with van der Waals surface area (Å²) in [5.74, 6) is -0.817. The van der Waals surface area contributed by atoms with Gasteiger partial charge in [0.1, 0.15) is 17.4 Å². The lowest BCUT2D eigenvalue weighted by atomic mass is 10.2. The molecule has 2 aromatic rings. The molecular formula is C14H10BrF2NOS. The average molecular weight is 358 g/mol. The molecule has 0 amide bonds. The van der Waals surface area contributed by atoms with Gasteiger partial charge in [-0.3, -0.25) is 0 Å². The lowest BCUT2D eigenvalue weighted by Gasteiger charge is -2.09. The first-order valence-electron chi connectivity index (χ1n) is 5.63. The second-order valence-corrected chi connectivity index (χ2v) is 5.34. The molecule has 2 N–H and O–H groups in total. The Balaban J connectivity index is 2.10. The SMILES string of the molecule is NC(=S)c1ccc(OCc2ccc(F)c(Br)c2)c(F)c1. The van der Waals surface area contributed by atoms with Gasteiger partial charge in [-0.25, -0.2) is 8.78 Å². The molecular weight excluding hydrogens is 348 g/mol. The van der Waals surface area contributed by atoms with Crippen molar-refractivity contribution < 1.29 is 13.5 Å². The van der Waals surface area contributed by atoms with Gasteiger partial charge in [-0.2, -0.15) is 0 Å². The Morgan fingerprint density at radius 2 is 1.90 bits per heavy atom. The third-order valence-electron chi connectivity index (χ3n) is 2.59. The summed E-state index contributed by atoms with van der Waals surface area (Å²) < 4.78 is 32.5. The van der Waals surface area contributed by atoms with Crippen molar-refractivity contribution in [3.63, 3.8) is 0 Å². The van der Waals surface area contributed by atoms with E-state index in [0.29, 0.717) is 10.0 Å². The van der Waals surface area contributed by atoms with Gasteiger partial charge in [0.05, 0.1) is 4.47 Å². The van der Waals surface area contributed by atoms with Gasteiger partial charge in [-0.15, -0.1) is 0 Å². The molecule has 0 aromatic heterocycles. The summed E-state index contributed by atoms with van der Waals surface area (Å²) in [7, 11) is 0. The van der Waals surface area contributed by atoms with E-state index in [2.05, 4.69) is 15.9 Å². The zero-order chi connectivity index (χ0) is 14.7. The lowest BCUT2D eigenvalue weighted by molar-refractivity contribution is 0.290. The fourth-order valence-electron chi connectivity index (χ4n) is 1.56. The number of rotatable bonds is 4. The van der Waals surface area contributed by atoms with Crippen LogP contribution in [0.25, 0.3) is 0 Å². The van der Waals surface area contributed by atoms with E-state index in [9.17, 15) is 8.78 Å². The Labute approximate surface area is 128 Å². The number of nitrogens with two attached hydrogens (primary N) is 1. The smallest absolute Gasteiger partial charge is 0.165 e. The predicted molar refractivity (Wildman–Crippen MR) is 80.7 cm³/mol. The molecule has 0 aliphatic carbocycles. The molecule has 0 bridgehead atoms. The summed E-state index contributed by atoms with van der Waals surface area (Å²) in [4.78, 5) is 0.123. The minimum absolute atomic E-state index is 0.0884. The second kappa shape index (κ2) is 6.28. The van der Waals surface area contributed by atoms with E-state index in [1.165, 1.54) is 18.2 Å². The number of halogens is 3. The Morgan fingerprint density at radius 1 is 1.15 bits per heavy atom. The Bertz CT molecular complexity index is 664. The van der Waals surface area contributed by atoms with Crippen LogP contribution in [0.1, 0.15) is 11.1 Å². The van der Waals surface area contributed by atoms with Crippen LogP contribution < -0.4 is 10.5 Å². The molecule has 0 saturated heterocycles. The van der Waals surface area contributed by atoms with Crippen LogP contribution in [0.2, 0.25) is 0 Å². The first-order valence-corrected chi connectivity index (χ1v) is 6.83. The predicted octanol–water partition coefficient (Wildman–Crippen LogP) is 3.94. The molecule has 0 radical (unpaired) electrons. The van der Waals surface area contributed by atoms with Crippen LogP contribution in [0.4, 0.5) is 8.78 Å². The molecule has 0 spiro atoms.